The van der Waals surface area contributed by atoms with Crippen molar-refractivity contribution < 1.29 is 0 Å². The van der Waals surface area contributed by atoms with Gasteiger partial charge in [-0.15, -0.1) is 0 Å². The van der Waals surface area contributed by atoms with Gasteiger partial charge in [0.2, 0.25) is 0 Å². The molecule has 4 heteroatoms. The summed E-state index contributed by atoms with van der Waals surface area (Å²) >= 11 is 0. The Bertz CT molecular complexity index is 148. The maximum Gasteiger partial charge on any atom is 0.193 e. The lowest BCUT2D eigenvalue weighted by molar-refractivity contribution is 1.12. The molecule has 3 N–H and O–H groups in total. The van der Waals surface area contributed by atoms with Gasteiger partial charge in [0, 0.05) is 20.5 Å². The summed E-state index contributed by atoms with van der Waals surface area (Å²) in [5.41, 5.74) is 5.38. The van der Waals surface area contributed by atoms with E-state index in [-0.39, 0.29) is 0 Å². The first-order valence-electron chi connectivity index (χ1n) is 3.19. The Morgan fingerprint density at radius 3 is 2.30 bits per heavy atom. The minimum atomic E-state index is 0.405. The minimum absolute atomic E-state index is 0.405. The first kappa shape index (κ1) is 8.94. The van der Waals surface area contributed by atoms with Gasteiger partial charge in [0.1, 0.15) is 5.84 Å². The first-order valence-corrected chi connectivity index (χ1v) is 3.19. The van der Waals surface area contributed by atoms with Crippen LogP contribution in [-0.4, -0.2) is 25.9 Å². The lowest BCUT2D eigenvalue weighted by Gasteiger charge is -2.03. The SMILES string of the molecule is CCC(=NC)NC(N)=NC. The third kappa shape index (κ3) is 3.06. The van der Waals surface area contributed by atoms with Crippen LogP contribution in [0.3, 0.4) is 0 Å². The van der Waals surface area contributed by atoms with Crippen molar-refractivity contribution in [2.75, 3.05) is 14.1 Å². The maximum absolute atomic E-state index is 5.38. The number of nitrogens with zero attached hydrogens (tertiary/aromatic N) is 2. The fraction of sp³-hybridized carbons (Fsp3) is 0.667. The van der Waals surface area contributed by atoms with Gasteiger partial charge in [-0.05, 0) is 0 Å². The molecule has 4 nitrogen and oxygen atoms in total. The van der Waals surface area contributed by atoms with E-state index in [0.717, 1.165) is 12.3 Å². The summed E-state index contributed by atoms with van der Waals surface area (Å²) in [6, 6.07) is 0. The maximum atomic E-state index is 5.38. The summed E-state index contributed by atoms with van der Waals surface area (Å²) in [5.74, 6) is 1.26. The molecule has 0 aromatic rings. The van der Waals surface area contributed by atoms with E-state index in [1.165, 1.54) is 0 Å². The number of nitrogens with two attached hydrogens (primary N) is 1. The summed E-state index contributed by atoms with van der Waals surface area (Å²) in [6.07, 6.45) is 0.840. The highest BCUT2D eigenvalue weighted by atomic mass is 15.1. The molecule has 0 heterocycles. The monoisotopic (exact) mass is 142 g/mol. The molecule has 0 aromatic heterocycles. The lowest BCUT2D eigenvalue weighted by Crippen LogP contribution is -2.36. The smallest absolute Gasteiger partial charge is 0.193 e. The lowest BCUT2D eigenvalue weighted by atomic mass is 10.4. The molecule has 0 saturated heterocycles. The second-order valence-electron chi connectivity index (χ2n) is 1.76. The Balaban J connectivity index is 3.88. The molecule has 0 atom stereocenters. The third-order valence-electron chi connectivity index (χ3n) is 1.12. The van der Waals surface area contributed by atoms with Gasteiger partial charge in [-0.25, -0.2) is 0 Å². The summed E-state index contributed by atoms with van der Waals surface area (Å²) in [7, 11) is 3.35. The van der Waals surface area contributed by atoms with Gasteiger partial charge in [-0.3, -0.25) is 9.98 Å². The van der Waals surface area contributed by atoms with E-state index in [1.807, 2.05) is 6.92 Å². The van der Waals surface area contributed by atoms with Crippen LogP contribution >= 0.6 is 0 Å². The van der Waals surface area contributed by atoms with Gasteiger partial charge in [-0.2, -0.15) is 0 Å². The largest absolute Gasteiger partial charge is 0.370 e. The fourth-order valence-corrected chi connectivity index (χ4v) is 0.506. The number of aliphatic imine (C=N–C) groups is 2. The van der Waals surface area contributed by atoms with E-state index >= 15 is 0 Å². The van der Waals surface area contributed by atoms with Crippen molar-refractivity contribution in [3.63, 3.8) is 0 Å². The predicted octanol–water partition coefficient (Wildman–Crippen LogP) is -0.0412. The molecule has 0 spiro atoms. The Hall–Kier alpha value is -1.06. The Morgan fingerprint density at radius 2 is 2.00 bits per heavy atom. The van der Waals surface area contributed by atoms with Crippen LogP contribution in [-0.2, 0) is 0 Å². The van der Waals surface area contributed by atoms with Gasteiger partial charge >= 0.3 is 0 Å². The second kappa shape index (κ2) is 4.78. The van der Waals surface area contributed by atoms with E-state index in [0.29, 0.717) is 5.96 Å². The van der Waals surface area contributed by atoms with Crippen molar-refractivity contribution in [2.24, 2.45) is 15.7 Å². The van der Waals surface area contributed by atoms with Crippen LogP contribution in [0.5, 0.6) is 0 Å². The first-order chi connectivity index (χ1) is 4.74. The number of amidine groups is 1. The Morgan fingerprint density at radius 1 is 1.40 bits per heavy atom. The molecule has 0 radical (unpaired) electrons. The van der Waals surface area contributed by atoms with E-state index in [2.05, 4.69) is 15.3 Å². The quantitative estimate of drug-likeness (QED) is 0.398. The van der Waals surface area contributed by atoms with Crippen molar-refractivity contribution >= 4 is 11.8 Å². The molecule has 0 unspecified atom stereocenters. The fourth-order valence-electron chi connectivity index (χ4n) is 0.506. The van der Waals surface area contributed by atoms with Gasteiger partial charge < -0.3 is 11.1 Å². The average molecular weight is 142 g/mol. The molecule has 0 amide bonds. The Labute approximate surface area is 61.2 Å². The van der Waals surface area contributed by atoms with E-state index in [9.17, 15) is 0 Å². The molecule has 0 aliphatic rings. The highest BCUT2D eigenvalue weighted by Crippen LogP contribution is 1.78. The van der Waals surface area contributed by atoms with Crippen LogP contribution in [0.4, 0.5) is 0 Å². The van der Waals surface area contributed by atoms with Gasteiger partial charge in [-0.1, -0.05) is 6.92 Å². The third-order valence-corrected chi connectivity index (χ3v) is 1.12. The zero-order valence-electron chi connectivity index (χ0n) is 6.68. The van der Waals surface area contributed by atoms with Gasteiger partial charge in [0.15, 0.2) is 5.96 Å². The molecule has 0 saturated carbocycles. The van der Waals surface area contributed by atoms with E-state index < -0.39 is 0 Å². The highest BCUT2D eigenvalue weighted by Gasteiger charge is 1.93. The molecule has 0 aliphatic carbocycles. The molecule has 0 aromatic carbocycles. The van der Waals surface area contributed by atoms with Crippen LogP contribution in [0, 0.1) is 0 Å². The highest BCUT2D eigenvalue weighted by molar-refractivity contribution is 5.98. The number of hydrogen-bond acceptors (Lipinski definition) is 2. The van der Waals surface area contributed by atoms with Crippen molar-refractivity contribution in [3.05, 3.63) is 0 Å². The second-order valence-corrected chi connectivity index (χ2v) is 1.76. The summed E-state index contributed by atoms with van der Waals surface area (Å²) in [5, 5.41) is 2.84. The normalized spacial score (nSPS) is 13.5. The zero-order valence-corrected chi connectivity index (χ0v) is 6.68. The molecular formula is C6H14N4. The summed E-state index contributed by atoms with van der Waals surface area (Å²) in [6.45, 7) is 2.00. The van der Waals surface area contributed by atoms with Crippen LogP contribution in [0.25, 0.3) is 0 Å². The van der Waals surface area contributed by atoms with E-state index in [1.54, 1.807) is 14.1 Å². The average Bonchev–Trinajstić information content (AvgIpc) is 1.99. The van der Waals surface area contributed by atoms with E-state index in [4.69, 9.17) is 5.73 Å². The molecule has 0 bridgehead atoms. The standard InChI is InChI=1S/C6H14N4/c1-4-5(8-2)10-6(7)9-3/h4H2,1-3H3,(H3,7,8,9,10). The van der Waals surface area contributed by atoms with Crippen LogP contribution in [0.15, 0.2) is 9.98 Å². The van der Waals surface area contributed by atoms with Gasteiger partial charge in [0.25, 0.3) is 0 Å². The molecule has 0 fully saturated rings. The van der Waals surface area contributed by atoms with Crippen LogP contribution in [0.2, 0.25) is 0 Å². The summed E-state index contributed by atoms with van der Waals surface area (Å²) < 4.78 is 0. The molecule has 0 aliphatic heterocycles. The predicted molar refractivity (Wildman–Crippen MR) is 44.3 cm³/mol. The number of rotatable bonds is 1. The molecule has 10 heavy (non-hydrogen) atoms. The number of hydrogen-bond donors (Lipinski definition) is 2. The number of nitrogens with one attached hydrogen (secondary N) is 1. The van der Waals surface area contributed by atoms with Gasteiger partial charge in [0.05, 0.1) is 0 Å². The zero-order chi connectivity index (χ0) is 7.98. The topological polar surface area (TPSA) is 62.8 Å². The van der Waals surface area contributed by atoms with Crippen LogP contribution in [0.1, 0.15) is 13.3 Å². The van der Waals surface area contributed by atoms with Crippen molar-refractivity contribution in [1.82, 2.24) is 5.32 Å². The van der Waals surface area contributed by atoms with Crippen molar-refractivity contribution in [1.29, 1.82) is 0 Å². The molecule has 0 rings (SSSR count). The molecule has 58 valence electrons. The molecular weight excluding hydrogens is 128 g/mol. The Kier molecular flexibility index (Phi) is 4.28. The number of guanidine groups is 1. The minimum Gasteiger partial charge on any atom is -0.370 e. The van der Waals surface area contributed by atoms with Crippen LogP contribution < -0.4 is 11.1 Å². The summed E-state index contributed by atoms with van der Waals surface area (Å²) in [4.78, 5) is 7.67. The van der Waals surface area contributed by atoms with Crippen molar-refractivity contribution in [2.45, 2.75) is 13.3 Å². The van der Waals surface area contributed by atoms with Crippen molar-refractivity contribution in [3.8, 4) is 0 Å².